The normalized spacial score (nSPS) is 20.3. The van der Waals surface area contributed by atoms with Gasteiger partial charge in [-0.05, 0) is 24.6 Å². The summed E-state index contributed by atoms with van der Waals surface area (Å²) in [6.45, 7) is 2.62. The first-order valence-electron chi connectivity index (χ1n) is 6.60. The van der Waals surface area contributed by atoms with Crippen LogP contribution in [0.2, 0.25) is 0 Å². The van der Waals surface area contributed by atoms with E-state index >= 15 is 0 Å². The lowest BCUT2D eigenvalue weighted by molar-refractivity contribution is -0.00279. The van der Waals surface area contributed by atoms with Crippen molar-refractivity contribution in [3.05, 3.63) is 23.8 Å². The van der Waals surface area contributed by atoms with Crippen molar-refractivity contribution >= 4 is 21.7 Å². The van der Waals surface area contributed by atoms with Gasteiger partial charge >= 0.3 is 5.97 Å². The molecule has 0 spiro atoms. The number of hydrogen-bond donors (Lipinski definition) is 2. The number of rotatable bonds is 4. The van der Waals surface area contributed by atoms with E-state index in [0.717, 1.165) is 0 Å². The Kier molecular flexibility index (Phi) is 4.50. The van der Waals surface area contributed by atoms with E-state index < -0.39 is 16.0 Å². The van der Waals surface area contributed by atoms with Gasteiger partial charge in [0.2, 0.25) is 10.0 Å². The van der Waals surface area contributed by atoms with Crippen molar-refractivity contribution in [3.8, 4) is 0 Å². The average molecular weight is 314 g/mol. The van der Waals surface area contributed by atoms with Crippen LogP contribution in [0.15, 0.2) is 23.1 Å². The van der Waals surface area contributed by atoms with Gasteiger partial charge < -0.3 is 15.6 Å². The van der Waals surface area contributed by atoms with Crippen LogP contribution in [0.5, 0.6) is 0 Å². The topological polar surface area (TPSA) is 110 Å². The maximum atomic E-state index is 12.7. The second-order valence-electron chi connectivity index (χ2n) is 4.82. The zero-order valence-electron chi connectivity index (χ0n) is 11.7. The number of benzene rings is 1. The maximum absolute atomic E-state index is 12.7. The lowest BCUT2D eigenvalue weighted by Crippen LogP contribution is -2.45. The highest BCUT2D eigenvalue weighted by Gasteiger charge is 2.33. The average Bonchev–Trinajstić information content (AvgIpc) is 2.46. The van der Waals surface area contributed by atoms with Crippen molar-refractivity contribution < 1.29 is 23.1 Å². The van der Waals surface area contributed by atoms with Crippen LogP contribution in [0.1, 0.15) is 23.7 Å². The molecular formula is C13H18N2O5S. The molecule has 8 heteroatoms. The Morgan fingerprint density at radius 1 is 1.52 bits per heavy atom. The Morgan fingerprint density at radius 2 is 2.24 bits per heavy atom. The van der Waals surface area contributed by atoms with Crippen molar-refractivity contribution in [3.63, 3.8) is 0 Å². The number of sulfonamides is 1. The van der Waals surface area contributed by atoms with Gasteiger partial charge in [-0.2, -0.15) is 4.31 Å². The SMILES string of the molecule is CCC1CN(S(=O)(=O)c2cc(N)ccc2C(=O)O)CCO1. The Bertz CT molecular complexity index is 644. The summed E-state index contributed by atoms with van der Waals surface area (Å²) < 4.78 is 32.1. The van der Waals surface area contributed by atoms with Crippen LogP contribution in [0, 0.1) is 0 Å². The lowest BCUT2D eigenvalue weighted by atomic mass is 10.2. The molecule has 0 aromatic heterocycles. The Balaban J connectivity index is 2.44. The summed E-state index contributed by atoms with van der Waals surface area (Å²) in [6, 6.07) is 3.77. The minimum absolute atomic E-state index is 0.178. The lowest BCUT2D eigenvalue weighted by Gasteiger charge is -2.32. The molecule has 21 heavy (non-hydrogen) atoms. The summed E-state index contributed by atoms with van der Waals surface area (Å²) in [7, 11) is -3.91. The molecule has 1 aromatic carbocycles. The molecule has 1 aliphatic heterocycles. The predicted octanol–water partition coefficient (Wildman–Crippen LogP) is 0.766. The highest BCUT2D eigenvalue weighted by molar-refractivity contribution is 7.89. The highest BCUT2D eigenvalue weighted by atomic mass is 32.2. The number of hydrogen-bond acceptors (Lipinski definition) is 5. The van der Waals surface area contributed by atoms with Crippen LogP contribution in [-0.4, -0.2) is 49.6 Å². The molecule has 1 aromatic rings. The van der Waals surface area contributed by atoms with E-state index in [1.807, 2.05) is 6.92 Å². The van der Waals surface area contributed by atoms with Crippen molar-refractivity contribution in [2.45, 2.75) is 24.3 Å². The molecule has 3 N–H and O–H groups in total. The molecule has 0 radical (unpaired) electrons. The van der Waals surface area contributed by atoms with Gasteiger partial charge in [0, 0.05) is 18.8 Å². The second kappa shape index (κ2) is 6.00. The van der Waals surface area contributed by atoms with Crippen LogP contribution in [0.3, 0.4) is 0 Å². The van der Waals surface area contributed by atoms with Crippen LogP contribution >= 0.6 is 0 Å². The molecule has 1 fully saturated rings. The van der Waals surface area contributed by atoms with E-state index in [4.69, 9.17) is 15.6 Å². The predicted molar refractivity (Wildman–Crippen MR) is 76.6 cm³/mol. The first-order chi connectivity index (χ1) is 9.86. The van der Waals surface area contributed by atoms with Crippen LogP contribution < -0.4 is 5.73 Å². The van der Waals surface area contributed by atoms with Crippen LogP contribution in [0.4, 0.5) is 5.69 Å². The van der Waals surface area contributed by atoms with E-state index in [9.17, 15) is 13.2 Å². The summed E-state index contributed by atoms with van der Waals surface area (Å²) >= 11 is 0. The van der Waals surface area contributed by atoms with Crippen molar-refractivity contribution in [1.29, 1.82) is 0 Å². The van der Waals surface area contributed by atoms with Gasteiger partial charge in [-0.3, -0.25) is 0 Å². The molecule has 0 bridgehead atoms. The second-order valence-corrected chi connectivity index (χ2v) is 6.73. The number of nitrogen functional groups attached to an aromatic ring is 1. The third-order valence-corrected chi connectivity index (χ3v) is 5.32. The summed E-state index contributed by atoms with van der Waals surface area (Å²) in [6.07, 6.45) is 0.511. The van der Waals surface area contributed by atoms with Gasteiger partial charge in [0.25, 0.3) is 0 Å². The van der Waals surface area contributed by atoms with Crippen LogP contribution in [-0.2, 0) is 14.8 Å². The van der Waals surface area contributed by atoms with Gasteiger partial charge in [0.05, 0.1) is 23.2 Å². The fourth-order valence-electron chi connectivity index (χ4n) is 2.23. The van der Waals surface area contributed by atoms with E-state index in [-0.39, 0.29) is 35.3 Å². The number of anilines is 1. The summed E-state index contributed by atoms with van der Waals surface area (Å²) in [5.41, 5.74) is 5.54. The molecule has 1 atom stereocenters. The number of carbonyl (C=O) groups is 1. The Labute approximate surface area is 123 Å². The first-order valence-corrected chi connectivity index (χ1v) is 8.04. The number of morpholine rings is 1. The molecular weight excluding hydrogens is 296 g/mol. The molecule has 1 aliphatic rings. The van der Waals surface area contributed by atoms with Crippen molar-refractivity contribution in [2.24, 2.45) is 0 Å². The molecule has 2 rings (SSSR count). The number of carboxylic acids is 1. The largest absolute Gasteiger partial charge is 0.478 e. The van der Waals surface area contributed by atoms with E-state index in [0.29, 0.717) is 13.0 Å². The molecule has 0 amide bonds. The van der Waals surface area contributed by atoms with Crippen molar-refractivity contribution in [1.82, 2.24) is 4.31 Å². The minimum atomic E-state index is -3.91. The number of nitrogens with two attached hydrogens (primary N) is 1. The highest BCUT2D eigenvalue weighted by Crippen LogP contribution is 2.25. The van der Waals surface area contributed by atoms with E-state index in [1.54, 1.807) is 0 Å². The molecule has 7 nitrogen and oxygen atoms in total. The Hall–Kier alpha value is -1.64. The number of carboxylic acid groups (broad SMARTS) is 1. The smallest absolute Gasteiger partial charge is 0.337 e. The van der Waals surface area contributed by atoms with Gasteiger partial charge in [0.1, 0.15) is 0 Å². The zero-order valence-corrected chi connectivity index (χ0v) is 12.5. The van der Waals surface area contributed by atoms with Gasteiger partial charge in [-0.15, -0.1) is 0 Å². The monoisotopic (exact) mass is 314 g/mol. The van der Waals surface area contributed by atoms with Gasteiger partial charge in [0.15, 0.2) is 0 Å². The Morgan fingerprint density at radius 3 is 2.86 bits per heavy atom. The van der Waals surface area contributed by atoms with Crippen molar-refractivity contribution in [2.75, 3.05) is 25.4 Å². The molecule has 0 aliphatic carbocycles. The summed E-state index contributed by atoms with van der Waals surface area (Å²) in [4.78, 5) is 11.0. The standard InChI is InChI=1S/C13H18N2O5S/c1-2-10-8-15(5-6-20-10)21(18,19)12-7-9(14)3-4-11(12)13(16)17/h3-4,7,10H,2,5-6,8,14H2,1H3,(H,16,17). The summed E-state index contributed by atoms with van der Waals surface area (Å²) in [5.74, 6) is -1.30. The van der Waals surface area contributed by atoms with Gasteiger partial charge in [-0.25, -0.2) is 13.2 Å². The number of ether oxygens (including phenoxy) is 1. The van der Waals surface area contributed by atoms with E-state index in [2.05, 4.69) is 0 Å². The molecule has 1 heterocycles. The molecule has 116 valence electrons. The quantitative estimate of drug-likeness (QED) is 0.794. The maximum Gasteiger partial charge on any atom is 0.337 e. The fraction of sp³-hybridized carbons (Fsp3) is 0.462. The number of aromatic carboxylic acids is 1. The third-order valence-electron chi connectivity index (χ3n) is 3.41. The minimum Gasteiger partial charge on any atom is -0.478 e. The fourth-order valence-corrected chi connectivity index (χ4v) is 3.90. The number of nitrogens with zero attached hydrogens (tertiary/aromatic N) is 1. The first kappa shape index (κ1) is 15.7. The third kappa shape index (κ3) is 3.17. The van der Waals surface area contributed by atoms with E-state index in [1.165, 1.54) is 22.5 Å². The summed E-state index contributed by atoms with van der Waals surface area (Å²) in [5, 5.41) is 9.17. The molecule has 0 saturated carbocycles. The van der Waals surface area contributed by atoms with Crippen LogP contribution in [0.25, 0.3) is 0 Å². The zero-order chi connectivity index (χ0) is 15.6. The van der Waals surface area contributed by atoms with Gasteiger partial charge in [-0.1, -0.05) is 6.92 Å². The molecule has 1 unspecified atom stereocenters. The molecule has 1 saturated heterocycles.